The van der Waals surface area contributed by atoms with Crippen LogP contribution in [0.25, 0.3) is 10.9 Å². The number of pyridine rings is 1. The first-order valence-electron chi connectivity index (χ1n) is 6.13. The Hall–Kier alpha value is -2.39. The number of nitrogens with zero attached hydrogens (tertiary/aromatic N) is 1. The largest absolute Gasteiger partial charge is 0.398 e. The Bertz CT molecular complexity index is 725. The second kappa shape index (κ2) is 4.71. The topological polar surface area (TPSA) is 59.1 Å². The van der Waals surface area contributed by atoms with Gasteiger partial charge in [0.05, 0.1) is 5.52 Å². The van der Waals surface area contributed by atoms with Crippen LogP contribution in [0.5, 0.6) is 0 Å². The summed E-state index contributed by atoms with van der Waals surface area (Å²) in [4.78, 5) is 4.27. The monoisotopic (exact) mass is 250 g/mol. The van der Waals surface area contributed by atoms with Crippen LogP contribution in [-0.4, -0.2) is 10.1 Å². The minimum absolute atomic E-state index is 0.598. The second-order valence-corrected chi connectivity index (χ2v) is 4.49. The average molecular weight is 250 g/mol. The summed E-state index contributed by atoms with van der Waals surface area (Å²) in [6.45, 7) is 0. The molecule has 1 heterocycles. The predicted molar refractivity (Wildman–Crippen MR) is 76.7 cm³/mol. The number of anilines is 1. The van der Waals surface area contributed by atoms with Gasteiger partial charge in [-0.15, -0.1) is 0 Å². The van der Waals surface area contributed by atoms with E-state index < -0.39 is 6.10 Å². The lowest BCUT2D eigenvalue weighted by atomic mass is 9.99. The summed E-state index contributed by atoms with van der Waals surface area (Å²) < 4.78 is 0. The number of hydrogen-bond donors (Lipinski definition) is 2. The Balaban J connectivity index is 2.07. The van der Waals surface area contributed by atoms with Crippen LogP contribution in [0, 0.1) is 0 Å². The lowest BCUT2D eigenvalue weighted by Gasteiger charge is -2.14. The number of aromatic nitrogens is 1. The van der Waals surface area contributed by atoms with Gasteiger partial charge in [-0.2, -0.15) is 0 Å². The molecule has 1 unspecified atom stereocenters. The molecule has 3 N–H and O–H groups in total. The van der Waals surface area contributed by atoms with E-state index in [4.69, 9.17) is 5.73 Å². The molecule has 0 aliphatic rings. The molecular weight excluding hydrogens is 236 g/mol. The van der Waals surface area contributed by atoms with E-state index >= 15 is 0 Å². The summed E-state index contributed by atoms with van der Waals surface area (Å²) in [6, 6.07) is 17.0. The van der Waals surface area contributed by atoms with E-state index in [0.29, 0.717) is 5.69 Å². The van der Waals surface area contributed by atoms with E-state index in [2.05, 4.69) is 4.98 Å². The number of hydrogen-bond acceptors (Lipinski definition) is 3. The molecule has 0 spiro atoms. The van der Waals surface area contributed by atoms with Crippen molar-refractivity contribution in [2.75, 3.05) is 5.73 Å². The summed E-state index contributed by atoms with van der Waals surface area (Å²) in [5.74, 6) is 0. The lowest BCUT2D eigenvalue weighted by Crippen LogP contribution is -2.03. The molecule has 3 heteroatoms. The summed E-state index contributed by atoms with van der Waals surface area (Å²) in [6.07, 6.45) is 1.04. The zero-order chi connectivity index (χ0) is 13.2. The first-order chi connectivity index (χ1) is 9.25. The Morgan fingerprint density at radius 3 is 2.68 bits per heavy atom. The lowest BCUT2D eigenvalue weighted by molar-refractivity contribution is 0.221. The van der Waals surface area contributed by atoms with Crippen LogP contribution in [0.2, 0.25) is 0 Å². The summed E-state index contributed by atoms with van der Waals surface area (Å²) >= 11 is 0. The van der Waals surface area contributed by atoms with Gasteiger partial charge in [0.1, 0.15) is 6.10 Å². The van der Waals surface area contributed by atoms with Crippen molar-refractivity contribution in [2.24, 2.45) is 0 Å². The van der Waals surface area contributed by atoms with E-state index in [0.717, 1.165) is 22.0 Å². The minimum atomic E-state index is -0.717. The molecule has 0 radical (unpaired) electrons. The third-order valence-electron chi connectivity index (χ3n) is 3.23. The zero-order valence-electron chi connectivity index (χ0n) is 10.3. The van der Waals surface area contributed by atoms with E-state index in [1.54, 1.807) is 12.3 Å². The van der Waals surface area contributed by atoms with Crippen molar-refractivity contribution in [3.63, 3.8) is 0 Å². The quantitative estimate of drug-likeness (QED) is 0.687. The maximum atomic E-state index is 10.4. The molecule has 0 saturated heterocycles. The van der Waals surface area contributed by atoms with E-state index in [9.17, 15) is 5.11 Å². The molecule has 94 valence electrons. The van der Waals surface area contributed by atoms with Crippen molar-refractivity contribution in [3.05, 3.63) is 71.9 Å². The highest BCUT2D eigenvalue weighted by Crippen LogP contribution is 2.28. The van der Waals surface area contributed by atoms with Crippen molar-refractivity contribution >= 4 is 16.6 Å². The third kappa shape index (κ3) is 2.16. The third-order valence-corrected chi connectivity index (χ3v) is 3.23. The molecule has 3 nitrogen and oxygen atoms in total. The molecule has 0 fully saturated rings. The van der Waals surface area contributed by atoms with Gasteiger partial charge >= 0.3 is 0 Å². The second-order valence-electron chi connectivity index (χ2n) is 4.49. The molecule has 0 bridgehead atoms. The van der Waals surface area contributed by atoms with Gasteiger partial charge < -0.3 is 10.8 Å². The van der Waals surface area contributed by atoms with Crippen LogP contribution in [0.1, 0.15) is 17.2 Å². The van der Waals surface area contributed by atoms with Gasteiger partial charge in [0.2, 0.25) is 0 Å². The van der Waals surface area contributed by atoms with Crippen LogP contribution in [0.4, 0.5) is 5.69 Å². The van der Waals surface area contributed by atoms with Gasteiger partial charge in [-0.3, -0.25) is 4.98 Å². The number of fused-ring (bicyclic) bond motifs is 1. The normalized spacial score (nSPS) is 12.5. The number of benzene rings is 2. The molecule has 3 rings (SSSR count). The molecule has 0 saturated carbocycles. The Kier molecular flexibility index (Phi) is 2.89. The SMILES string of the molecule is Nc1ccccc1C(O)c1ccc2ncccc2c1. The number of aliphatic hydroxyl groups is 1. The average Bonchev–Trinajstić information content (AvgIpc) is 2.46. The van der Waals surface area contributed by atoms with Gasteiger partial charge in [0, 0.05) is 22.8 Å². The van der Waals surface area contributed by atoms with Gasteiger partial charge in [0.15, 0.2) is 0 Å². The zero-order valence-corrected chi connectivity index (χ0v) is 10.3. The fourth-order valence-electron chi connectivity index (χ4n) is 2.20. The molecule has 1 aromatic heterocycles. The van der Waals surface area contributed by atoms with Crippen LogP contribution in [0.15, 0.2) is 60.8 Å². The number of rotatable bonds is 2. The summed E-state index contributed by atoms with van der Waals surface area (Å²) in [5.41, 5.74) is 8.96. The minimum Gasteiger partial charge on any atom is -0.398 e. The standard InChI is InChI=1S/C16H14N2O/c17-14-6-2-1-5-13(14)16(19)12-7-8-15-11(10-12)4-3-9-18-15/h1-10,16,19H,17H2. The smallest absolute Gasteiger partial charge is 0.106 e. The number of aliphatic hydroxyl groups excluding tert-OH is 1. The molecular formula is C16H14N2O. The van der Waals surface area contributed by atoms with Crippen LogP contribution >= 0.6 is 0 Å². The highest BCUT2D eigenvalue weighted by atomic mass is 16.3. The number of nitrogen functional groups attached to an aromatic ring is 1. The number of nitrogens with two attached hydrogens (primary N) is 1. The van der Waals surface area contributed by atoms with Gasteiger partial charge in [-0.25, -0.2) is 0 Å². The fourth-order valence-corrected chi connectivity index (χ4v) is 2.20. The molecule has 0 aliphatic carbocycles. The first kappa shape index (κ1) is 11.7. The van der Waals surface area contributed by atoms with Crippen LogP contribution in [0.3, 0.4) is 0 Å². The Morgan fingerprint density at radius 2 is 1.84 bits per heavy atom. The number of para-hydroxylation sites is 1. The molecule has 2 aromatic carbocycles. The maximum absolute atomic E-state index is 10.4. The first-order valence-corrected chi connectivity index (χ1v) is 6.13. The van der Waals surface area contributed by atoms with Crippen LogP contribution < -0.4 is 5.73 Å². The van der Waals surface area contributed by atoms with Gasteiger partial charge in [-0.1, -0.05) is 30.3 Å². The van der Waals surface area contributed by atoms with Gasteiger partial charge in [-0.05, 0) is 29.8 Å². The maximum Gasteiger partial charge on any atom is 0.106 e. The fraction of sp³-hybridized carbons (Fsp3) is 0.0625. The molecule has 3 aromatic rings. The van der Waals surface area contributed by atoms with Gasteiger partial charge in [0.25, 0.3) is 0 Å². The van der Waals surface area contributed by atoms with E-state index in [1.165, 1.54) is 0 Å². The van der Waals surface area contributed by atoms with Crippen molar-refractivity contribution < 1.29 is 5.11 Å². The Labute approximate surface area is 111 Å². The predicted octanol–water partition coefficient (Wildman–Crippen LogP) is 2.90. The van der Waals surface area contributed by atoms with Crippen molar-refractivity contribution in [1.82, 2.24) is 4.98 Å². The highest BCUT2D eigenvalue weighted by molar-refractivity contribution is 5.79. The summed E-state index contributed by atoms with van der Waals surface area (Å²) in [7, 11) is 0. The van der Waals surface area contributed by atoms with Crippen molar-refractivity contribution in [1.29, 1.82) is 0 Å². The van der Waals surface area contributed by atoms with E-state index in [-0.39, 0.29) is 0 Å². The molecule has 0 amide bonds. The molecule has 1 atom stereocenters. The van der Waals surface area contributed by atoms with Crippen molar-refractivity contribution in [2.45, 2.75) is 6.10 Å². The summed E-state index contributed by atoms with van der Waals surface area (Å²) in [5, 5.41) is 11.4. The highest BCUT2D eigenvalue weighted by Gasteiger charge is 2.13. The van der Waals surface area contributed by atoms with E-state index in [1.807, 2.05) is 48.5 Å². The molecule has 0 aliphatic heterocycles. The molecule has 19 heavy (non-hydrogen) atoms. The van der Waals surface area contributed by atoms with Crippen LogP contribution in [-0.2, 0) is 0 Å². The Morgan fingerprint density at radius 1 is 1.00 bits per heavy atom. The van der Waals surface area contributed by atoms with Crippen molar-refractivity contribution in [3.8, 4) is 0 Å².